The zero-order valence-electron chi connectivity index (χ0n) is 36.7. The largest absolute Gasteiger partial charge is 0.456 e. The number of hydrogen-bond acceptors (Lipinski definition) is 5. The number of benzene rings is 9. The highest BCUT2D eigenvalue weighted by Crippen LogP contribution is 2.44. The number of furan rings is 1. The molecule has 0 fully saturated rings. The molecule has 0 saturated carbocycles. The summed E-state index contributed by atoms with van der Waals surface area (Å²) in [5.74, 6) is 1.67. The molecule has 6 heteroatoms. The molecule has 0 N–H and O–H groups in total. The summed E-state index contributed by atoms with van der Waals surface area (Å²) >= 11 is 0. The van der Waals surface area contributed by atoms with Crippen LogP contribution in [-0.4, -0.2) is 24.5 Å². The lowest BCUT2D eigenvalue weighted by molar-refractivity contribution is 0.669. The van der Waals surface area contributed by atoms with Gasteiger partial charge in [-0.1, -0.05) is 182 Å². The summed E-state index contributed by atoms with van der Waals surface area (Å²) < 4.78 is 9.17. The van der Waals surface area contributed by atoms with E-state index >= 15 is 0 Å². The van der Waals surface area contributed by atoms with Gasteiger partial charge in [0.2, 0.25) is 0 Å². The van der Waals surface area contributed by atoms with Gasteiger partial charge in [-0.2, -0.15) is 0 Å². The second-order valence-corrected chi connectivity index (χ2v) is 17.0. The molecule has 6 nitrogen and oxygen atoms in total. The maximum atomic E-state index is 6.83. The Bertz CT molecular complexity index is 3880. The molecule has 68 heavy (non-hydrogen) atoms. The van der Waals surface area contributed by atoms with Crippen molar-refractivity contribution in [3.63, 3.8) is 0 Å². The van der Waals surface area contributed by atoms with E-state index in [1.54, 1.807) is 0 Å². The molecule has 0 atom stereocenters. The first kappa shape index (κ1) is 39.1. The van der Waals surface area contributed by atoms with Gasteiger partial charge in [-0.15, -0.1) is 0 Å². The Morgan fingerprint density at radius 1 is 0.324 bits per heavy atom. The fourth-order valence-corrected chi connectivity index (χ4v) is 9.75. The fraction of sp³-hybridized carbons (Fsp3) is 0. The van der Waals surface area contributed by atoms with Crippen LogP contribution in [0.4, 0.5) is 0 Å². The van der Waals surface area contributed by atoms with Gasteiger partial charge in [0, 0.05) is 61.2 Å². The Morgan fingerprint density at radius 2 is 0.868 bits per heavy atom. The first-order valence-corrected chi connectivity index (χ1v) is 22.8. The third-order valence-corrected chi connectivity index (χ3v) is 12.9. The number of hydrogen-bond donors (Lipinski definition) is 0. The van der Waals surface area contributed by atoms with Crippen LogP contribution in [0.25, 0.3) is 128 Å². The molecule has 13 aromatic rings. The predicted molar refractivity (Wildman–Crippen MR) is 277 cm³/mol. The highest BCUT2D eigenvalue weighted by atomic mass is 16.3. The van der Waals surface area contributed by atoms with Crippen molar-refractivity contribution in [2.24, 2.45) is 0 Å². The lowest BCUT2D eigenvalue weighted by Gasteiger charge is -2.18. The van der Waals surface area contributed by atoms with Gasteiger partial charge < -0.3 is 8.98 Å². The second-order valence-electron chi connectivity index (χ2n) is 17.0. The Labute approximate surface area is 392 Å². The SMILES string of the molecule is c1ccc(-c2nc(-c3ccccc3)nc(-c3cc(-c4c(-c5ccccc5)cccc4-c4ccccc4)cnc3-c3ccc4c(c3)oc3cc5c6ccccc6n(-c6ccccc6)c5cc34)n2)cc1. The summed E-state index contributed by atoms with van der Waals surface area (Å²) in [5.41, 5.74) is 15.6. The molecular weight excluding hydrogens is 831 g/mol. The summed E-state index contributed by atoms with van der Waals surface area (Å²) in [7, 11) is 0. The zero-order chi connectivity index (χ0) is 45.0. The van der Waals surface area contributed by atoms with E-state index in [-0.39, 0.29) is 0 Å². The molecule has 0 aliphatic carbocycles. The maximum Gasteiger partial charge on any atom is 0.166 e. The van der Waals surface area contributed by atoms with Gasteiger partial charge in [-0.3, -0.25) is 4.98 Å². The number of rotatable bonds is 8. The quantitative estimate of drug-likeness (QED) is 0.152. The van der Waals surface area contributed by atoms with Crippen molar-refractivity contribution in [2.75, 3.05) is 0 Å². The average Bonchev–Trinajstić information content (AvgIpc) is 3.95. The first-order chi connectivity index (χ1) is 33.7. The van der Waals surface area contributed by atoms with E-state index in [1.807, 2.05) is 66.9 Å². The van der Waals surface area contributed by atoms with Gasteiger partial charge in [0.1, 0.15) is 11.2 Å². The molecule has 0 aliphatic heterocycles. The van der Waals surface area contributed by atoms with Gasteiger partial charge in [-0.05, 0) is 76.3 Å². The van der Waals surface area contributed by atoms with E-state index in [9.17, 15) is 0 Å². The predicted octanol–water partition coefficient (Wildman–Crippen LogP) is 15.9. The number of fused-ring (bicyclic) bond motifs is 6. The summed E-state index contributed by atoms with van der Waals surface area (Å²) in [6.07, 6.45) is 1.99. The van der Waals surface area contributed by atoms with Gasteiger partial charge in [-0.25, -0.2) is 15.0 Å². The molecule has 0 aliphatic rings. The third kappa shape index (κ3) is 6.74. The minimum Gasteiger partial charge on any atom is -0.456 e. The third-order valence-electron chi connectivity index (χ3n) is 12.9. The molecule has 4 aromatic heterocycles. The van der Waals surface area contributed by atoms with Crippen LogP contribution in [0.15, 0.2) is 241 Å². The van der Waals surface area contributed by atoms with Crippen molar-refractivity contribution < 1.29 is 4.42 Å². The van der Waals surface area contributed by atoms with Crippen LogP contribution in [0.5, 0.6) is 0 Å². The van der Waals surface area contributed by atoms with E-state index in [2.05, 4.69) is 174 Å². The van der Waals surface area contributed by atoms with Crippen molar-refractivity contribution in [3.05, 3.63) is 237 Å². The van der Waals surface area contributed by atoms with E-state index in [0.717, 1.165) is 105 Å². The summed E-state index contributed by atoms with van der Waals surface area (Å²) in [4.78, 5) is 21.0. The molecule has 13 rings (SSSR count). The molecule has 0 radical (unpaired) electrons. The van der Waals surface area contributed by atoms with Crippen molar-refractivity contribution >= 4 is 43.7 Å². The maximum absolute atomic E-state index is 6.83. The van der Waals surface area contributed by atoms with Crippen LogP contribution in [0, 0.1) is 0 Å². The molecular formula is C62H39N5O. The van der Waals surface area contributed by atoms with Crippen LogP contribution in [0.1, 0.15) is 0 Å². The molecule has 318 valence electrons. The summed E-state index contributed by atoms with van der Waals surface area (Å²) in [6, 6.07) is 80.0. The van der Waals surface area contributed by atoms with Crippen molar-refractivity contribution in [2.45, 2.75) is 0 Å². The zero-order valence-corrected chi connectivity index (χ0v) is 36.7. The normalized spacial score (nSPS) is 11.5. The molecule has 4 heterocycles. The topological polar surface area (TPSA) is 69.6 Å². The van der Waals surface area contributed by atoms with Crippen molar-refractivity contribution in [3.8, 4) is 84.5 Å². The highest BCUT2D eigenvalue weighted by molar-refractivity contribution is 6.17. The van der Waals surface area contributed by atoms with Crippen LogP contribution in [0.2, 0.25) is 0 Å². The fourth-order valence-electron chi connectivity index (χ4n) is 9.75. The Balaban J connectivity index is 1.05. The minimum atomic E-state index is 0.515. The summed E-state index contributed by atoms with van der Waals surface area (Å²) in [5, 5.41) is 4.39. The minimum absolute atomic E-state index is 0.515. The van der Waals surface area contributed by atoms with E-state index < -0.39 is 0 Å². The highest BCUT2D eigenvalue weighted by Gasteiger charge is 2.23. The van der Waals surface area contributed by atoms with Crippen molar-refractivity contribution in [1.29, 1.82) is 0 Å². The van der Waals surface area contributed by atoms with Crippen molar-refractivity contribution in [1.82, 2.24) is 24.5 Å². The molecule has 0 bridgehead atoms. The first-order valence-electron chi connectivity index (χ1n) is 22.8. The number of para-hydroxylation sites is 2. The lowest BCUT2D eigenvalue weighted by atomic mass is 9.87. The smallest absolute Gasteiger partial charge is 0.166 e. The van der Waals surface area contributed by atoms with E-state index in [0.29, 0.717) is 17.5 Å². The van der Waals surface area contributed by atoms with Crippen LogP contribution < -0.4 is 0 Å². The molecule has 0 saturated heterocycles. The molecule has 0 spiro atoms. The van der Waals surface area contributed by atoms with E-state index in [1.165, 1.54) is 5.39 Å². The molecule has 0 amide bonds. The van der Waals surface area contributed by atoms with Crippen LogP contribution in [0.3, 0.4) is 0 Å². The van der Waals surface area contributed by atoms with Crippen LogP contribution in [-0.2, 0) is 0 Å². The van der Waals surface area contributed by atoms with Gasteiger partial charge >= 0.3 is 0 Å². The van der Waals surface area contributed by atoms with E-state index in [4.69, 9.17) is 24.4 Å². The molecule has 0 unspecified atom stereocenters. The lowest BCUT2D eigenvalue weighted by Crippen LogP contribution is -2.02. The second kappa shape index (κ2) is 16.3. The number of pyridine rings is 1. The number of aromatic nitrogens is 5. The van der Waals surface area contributed by atoms with Gasteiger partial charge in [0.25, 0.3) is 0 Å². The average molecular weight is 870 g/mol. The monoisotopic (exact) mass is 869 g/mol. The Morgan fingerprint density at radius 3 is 1.50 bits per heavy atom. The standard InChI is InChI=1S/C62H39N5O/c1-6-19-40(20-7-1)47-30-18-31-48(41-21-8-2-9-22-41)58(47)45-35-53(62-65-60(42-23-10-3-11-24-42)64-61(66-62)43-25-12-4-13-26-43)59(63-39-45)44-33-34-50-52-37-55-51(38-57(52)68-56(50)36-44)49-29-16-17-32-54(49)67(55)46-27-14-5-15-28-46/h1-39H. The van der Waals surface area contributed by atoms with Crippen LogP contribution >= 0.6 is 0 Å². The Hall–Kier alpha value is -9.26. The molecule has 9 aromatic carbocycles. The Kier molecular flexibility index (Phi) is 9.39. The van der Waals surface area contributed by atoms with Gasteiger partial charge in [0.15, 0.2) is 17.5 Å². The van der Waals surface area contributed by atoms with Gasteiger partial charge in [0.05, 0.1) is 16.7 Å². The summed E-state index contributed by atoms with van der Waals surface area (Å²) in [6.45, 7) is 0. The number of nitrogens with zero attached hydrogens (tertiary/aromatic N) is 5.